The Kier molecular flexibility index (Phi) is 15.3. The van der Waals surface area contributed by atoms with Crippen LogP contribution in [0.5, 0.6) is 0 Å². The van der Waals surface area contributed by atoms with Crippen molar-refractivity contribution >= 4 is 21.7 Å². The normalized spacial score (nSPS) is 14.0. The molecule has 0 aromatic heterocycles. The van der Waals surface area contributed by atoms with Crippen molar-refractivity contribution in [2.24, 2.45) is 11.8 Å². The van der Waals surface area contributed by atoms with Gasteiger partial charge in [0, 0.05) is 49.7 Å². The van der Waals surface area contributed by atoms with Crippen LogP contribution in [-0.2, 0) is 14.6 Å². The number of carbonyl (C=O) groups excluding carboxylic acids is 2. The number of rotatable bonds is 7. The lowest BCUT2D eigenvalue weighted by Crippen LogP contribution is -2.51. The second-order valence-corrected chi connectivity index (χ2v) is 14.1. The predicted molar refractivity (Wildman–Crippen MR) is 170 cm³/mol. The molecule has 1 N–H and O–H groups in total. The molecule has 7 nitrogen and oxygen atoms in total. The second kappa shape index (κ2) is 17.3. The van der Waals surface area contributed by atoms with Crippen molar-refractivity contribution in [2.75, 3.05) is 31.9 Å². The Hall–Kier alpha value is -2.71. The monoisotopic (exact) mass is 587 g/mol. The number of hydrogen-bond donors (Lipinski definition) is 1. The van der Waals surface area contributed by atoms with Gasteiger partial charge in [0.05, 0.1) is 10.6 Å². The van der Waals surface area contributed by atoms with Gasteiger partial charge in [-0.25, -0.2) is 8.42 Å². The fraction of sp³-hybridized carbons (Fsp3) is 0.576. The van der Waals surface area contributed by atoms with Gasteiger partial charge in [-0.1, -0.05) is 63.1 Å². The molecule has 0 atom stereocenters. The molecule has 0 aliphatic carbocycles. The molecule has 1 aliphatic rings. The maximum atomic E-state index is 11.8. The summed E-state index contributed by atoms with van der Waals surface area (Å²) in [5, 5.41) is 2.84. The van der Waals surface area contributed by atoms with E-state index in [4.69, 9.17) is 0 Å². The van der Waals surface area contributed by atoms with E-state index in [2.05, 4.69) is 24.1 Å². The number of hydrogen-bond acceptors (Lipinski definition) is 5. The van der Waals surface area contributed by atoms with Crippen molar-refractivity contribution in [1.29, 1.82) is 0 Å². The number of nitrogens with one attached hydrogen (secondary N) is 1. The Labute approximate surface area is 249 Å². The van der Waals surface area contributed by atoms with Crippen LogP contribution >= 0.6 is 0 Å². The van der Waals surface area contributed by atoms with Gasteiger partial charge in [0.25, 0.3) is 5.91 Å². The van der Waals surface area contributed by atoms with Crippen LogP contribution in [0.2, 0.25) is 0 Å². The van der Waals surface area contributed by atoms with Gasteiger partial charge in [0.15, 0.2) is 9.84 Å². The molecule has 0 unspecified atom stereocenters. The SMILES string of the molecule is CC(C)C(=O)N1CCN(C(C)C)CC1.Cc1ccc(C(=O)NC(C)C)cc1.Cc1ccc(S(=O)(=O)CC(C)C)cc1. The van der Waals surface area contributed by atoms with E-state index >= 15 is 0 Å². The van der Waals surface area contributed by atoms with E-state index in [1.54, 1.807) is 12.1 Å². The van der Waals surface area contributed by atoms with E-state index in [1.165, 1.54) is 5.56 Å². The molecule has 1 heterocycles. The van der Waals surface area contributed by atoms with Gasteiger partial charge in [0.1, 0.15) is 0 Å². The zero-order valence-corrected chi connectivity index (χ0v) is 27.7. The molecule has 2 aromatic rings. The molecule has 0 bridgehead atoms. The van der Waals surface area contributed by atoms with Crippen LogP contribution in [-0.4, -0.2) is 74.0 Å². The van der Waals surface area contributed by atoms with E-state index in [-0.39, 0.29) is 29.5 Å². The first-order valence-electron chi connectivity index (χ1n) is 14.7. The van der Waals surface area contributed by atoms with Gasteiger partial charge in [-0.2, -0.15) is 0 Å². The third-order valence-electron chi connectivity index (χ3n) is 6.52. The minimum absolute atomic E-state index is 0.00463. The molecule has 3 rings (SSSR count). The van der Waals surface area contributed by atoms with E-state index in [0.29, 0.717) is 16.8 Å². The maximum Gasteiger partial charge on any atom is 0.251 e. The summed E-state index contributed by atoms with van der Waals surface area (Å²) in [5.74, 6) is 0.820. The highest BCUT2D eigenvalue weighted by Crippen LogP contribution is 2.14. The summed E-state index contributed by atoms with van der Waals surface area (Å²) in [6, 6.07) is 15.4. The number of amides is 2. The number of piperazine rings is 1. The molecule has 230 valence electrons. The van der Waals surface area contributed by atoms with Gasteiger partial charge < -0.3 is 10.2 Å². The van der Waals surface area contributed by atoms with Gasteiger partial charge >= 0.3 is 0 Å². The Morgan fingerprint density at radius 3 is 1.61 bits per heavy atom. The largest absolute Gasteiger partial charge is 0.350 e. The molecule has 0 saturated carbocycles. The summed E-state index contributed by atoms with van der Waals surface area (Å²) in [4.78, 5) is 28.0. The summed E-state index contributed by atoms with van der Waals surface area (Å²) >= 11 is 0. The molecule has 2 aromatic carbocycles. The van der Waals surface area contributed by atoms with Crippen LogP contribution in [0.3, 0.4) is 0 Å². The number of nitrogens with zero attached hydrogens (tertiary/aromatic N) is 2. The van der Waals surface area contributed by atoms with E-state index in [9.17, 15) is 18.0 Å². The van der Waals surface area contributed by atoms with Crippen molar-refractivity contribution in [3.8, 4) is 0 Å². The zero-order valence-electron chi connectivity index (χ0n) is 26.9. The molecular formula is C33H53N3O4S. The highest BCUT2D eigenvalue weighted by Gasteiger charge is 2.23. The second-order valence-electron chi connectivity index (χ2n) is 12.1. The standard InChI is InChI=1S/C11H22N2O.C11H15NO.C11H16O2S/c1-9(2)11(14)13-7-5-12(6-8-13)10(3)4;1-8(2)12-11(13)10-6-4-9(3)5-7-10;1-9(2)8-14(12,13)11-6-4-10(3)5-7-11/h9-10H,5-8H2,1-4H3;4-8H,1-3H3,(H,12,13);4-7,9H,8H2,1-3H3. The first-order chi connectivity index (χ1) is 19.0. The molecule has 1 aliphatic heterocycles. The Balaban J connectivity index is 0.000000308. The minimum Gasteiger partial charge on any atom is -0.350 e. The third kappa shape index (κ3) is 13.7. The smallest absolute Gasteiger partial charge is 0.251 e. The van der Waals surface area contributed by atoms with Crippen LogP contribution in [0.15, 0.2) is 53.4 Å². The summed E-state index contributed by atoms with van der Waals surface area (Å²) in [6.07, 6.45) is 0. The van der Waals surface area contributed by atoms with Gasteiger partial charge in [0.2, 0.25) is 5.91 Å². The van der Waals surface area contributed by atoms with Crippen LogP contribution in [0.4, 0.5) is 0 Å². The summed E-state index contributed by atoms with van der Waals surface area (Å²) < 4.78 is 23.5. The fourth-order valence-electron chi connectivity index (χ4n) is 4.15. The lowest BCUT2D eigenvalue weighted by Gasteiger charge is -2.37. The van der Waals surface area contributed by atoms with Gasteiger partial charge in [-0.3, -0.25) is 14.5 Å². The predicted octanol–water partition coefficient (Wildman–Crippen LogP) is 5.75. The van der Waals surface area contributed by atoms with Crippen molar-refractivity contribution < 1.29 is 18.0 Å². The molecule has 0 spiro atoms. The quantitative estimate of drug-likeness (QED) is 0.446. The topological polar surface area (TPSA) is 86.8 Å². The molecule has 41 heavy (non-hydrogen) atoms. The van der Waals surface area contributed by atoms with E-state index < -0.39 is 9.84 Å². The van der Waals surface area contributed by atoms with Crippen molar-refractivity contribution in [3.63, 3.8) is 0 Å². The lowest BCUT2D eigenvalue weighted by molar-refractivity contribution is -0.136. The van der Waals surface area contributed by atoms with Crippen LogP contribution < -0.4 is 5.32 Å². The fourth-order valence-corrected chi connectivity index (χ4v) is 5.78. The zero-order chi connectivity index (χ0) is 31.3. The molecular weight excluding hydrogens is 534 g/mol. The number of sulfone groups is 1. The third-order valence-corrected chi connectivity index (χ3v) is 8.61. The highest BCUT2D eigenvalue weighted by atomic mass is 32.2. The van der Waals surface area contributed by atoms with Gasteiger partial charge in [-0.05, 0) is 71.7 Å². The first-order valence-corrected chi connectivity index (χ1v) is 16.4. The summed E-state index contributed by atoms with van der Waals surface area (Å²) in [6.45, 7) is 23.9. The van der Waals surface area contributed by atoms with E-state index in [1.807, 2.05) is 96.7 Å². The molecule has 2 amide bonds. The van der Waals surface area contributed by atoms with Crippen LogP contribution in [0.25, 0.3) is 0 Å². The average Bonchev–Trinajstić information content (AvgIpc) is 2.88. The first kappa shape index (κ1) is 36.3. The Morgan fingerprint density at radius 2 is 1.22 bits per heavy atom. The lowest BCUT2D eigenvalue weighted by atomic mass is 10.1. The van der Waals surface area contributed by atoms with Crippen LogP contribution in [0, 0.1) is 25.7 Å². The maximum absolute atomic E-state index is 11.8. The molecule has 0 radical (unpaired) electrons. The number of aryl methyl sites for hydroxylation is 2. The van der Waals surface area contributed by atoms with Crippen molar-refractivity contribution in [3.05, 3.63) is 65.2 Å². The van der Waals surface area contributed by atoms with Gasteiger partial charge in [-0.15, -0.1) is 0 Å². The molecule has 8 heteroatoms. The summed E-state index contributed by atoms with van der Waals surface area (Å²) in [7, 11) is -3.08. The van der Waals surface area contributed by atoms with Crippen molar-refractivity contribution in [1.82, 2.24) is 15.1 Å². The summed E-state index contributed by atoms with van der Waals surface area (Å²) in [5.41, 5.74) is 2.97. The average molecular weight is 588 g/mol. The number of benzene rings is 2. The molecule has 1 fully saturated rings. The Morgan fingerprint density at radius 1 is 0.756 bits per heavy atom. The van der Waals surface area contributed by atoms with Crippen LogP contribution in [0.1, 0.15) is 76.9 Å². The number of carbonyl (C=O) groups is 2. The van der Waals surface area contributed by atoms with E-state index in [0.717, 1.165) is 37.3 Å². The Bertz CT molecular complexity index is 1160. The molecule has 1 saturated heterocycles. The highest BCUT2D eigenvalue weighted by molar-refractivity contribution is 7.91. The minimum atomic E-state index is -3.08. The van der Waals surface area contributed by atoms with Crippen molar-refractivity contribution in [2.45, 2.75) is 86.2 Å².